The van der Waals surface area contributed by atoms with E-state index in [1.54, 1.807) is 0 Å². The zero-order valence-corrected chi connectivity index (χ0v) is 15.1. The van der Waals surface area contributed by atoms with Crippen molar-refractivity contribution in [3.63, 3.8) is 0 Å². The third kappa shape index (κ3) is 11.9. The Hall–Kier alpha value is -0.690. The van der Waals surface area contributed by atoms with E-state index < -0.39 is 0 Å². The first-order valence-corrected chi connectivity index (χ1v) is 9.89. The van der Waals surface area contributed by atoms with Crippen molar-refractivity contribution in [2.45, 2.75) is 77.0 Å². The normalized spacial score (nSPS) is 11.3. The number of rotatable bonds is 14. The van der Waals surface area contributed by atoms with Crippen LogP contribution in [-0.2, 0) is 0 Å². The molecule has 0 unspecified atom stereocenters. The van der Waals surface area contributed by atoms with E-state index in [1.807, 2.05) is 0 Å². The van der Waals surface area contributed by atoms with Crippen LogP contribution in [0.4, 0.5) is 0 Å². The van der Waals surface area contributed by atoms with Crippen LogP contribution in [-0.4, -0.2) is 5.75 Å². The molecule has 1 heteroatoms. The van der Waals surface area contributed by atoms with E-state index in [4.69, 9.17) is 0 Å². The highest BCUT2D eigenvalue weighted by molar-refractivity contribution is 7.80. The Morgan fingerprint density at radius 1 is 0.636 bits per heavy atom. The van der Waals surface area contributed by atoms with Gasteiger partial charge in [-0.25, -0.2) is 0 Å². The quantitative estimate of drug-likeness (QED) is 0.270. The predicted molar refractivity (Wildman–Crippen MR) is 105 cm³/mol. The van der Waals surface area contributed by atoms with Crippen molar-refractivity contribution in [3.05, 3.63) is 42.0 Å². The first kappa shape index (κ1) is 19.4. The molecule has 0 nitrogen and oxygen atoms in total. The molecule has 0 fully saturated rings. The standard InChI is InChI=1S/C21H34S/c22-20-16-11-9-7-5-3-1-2-4-6-8-10-13-17-21-18-14-12-15-19-21/h12-15,17-19,22H,1-11,16,20H2. The Bertz CT molecular complexity index is 355. The van der Waals surface area contributed by atoms with E-state index in [0.29, 0.717) is 0 Å². The molecular weight excluding hydrogens is 284 g/mol. The van der Waals surface area contributed by atoms with Gasteiger partial charge >= 0.3 is 0 Å². The highest BCUT2D eigenvalue weighted by Gasteiger charge is 1.93. The molecule has 0 aliphatic heterocycles. The van der Waals surface area contributed by atoms with E-state index >= 15 is 0 Å². The SMILES string of the molecule is SCCCCCCCCCCCCCC=Cc1ccccc1. The van der Waals surface area contributed by atoms with Crippen LogP contribution in [0, 0.1) is 0 Å². The Morgan fingerprint density at radius 2 is 1.14 bits per heavy atom. The number of benzene rings is 1. The fourth-order valence-corrected chi connectivity index (χ4v) is 2.97. The van der Waals surface area contributed by atoms with Gasteiger partial charge in [0.25, 0.3) is 0 Å². The highest BCUT2D eigenvalue weighted by Crippen LogP contribution is 2.12. The Balaban J connectivity index is 1.79. The van der Waals surface area contributed by atoms with Gasteiger partial charge in [0.05, 0.1) is 0 Å². The van der Waals surface area contributed by atoms with Gasteiger partial charge in [0.2, 0.25) is 0 Å². The van der Waals surface area contributed by atoms with Crippen molar-refractivity contribution in [2.24, 2.45) is 0 Å². The summed E-state index contributed by atoms with van der Waals surface area (Å²) in [5, 5.41) is 0. The molecule has 124 valence electrons. The Morgan fingerprint density at radius 3 is 1.68 bits per heavy atom. The molecular formula is C21H34S. The topological polar surface area (TPSA) is 0 Å². The van der Waals surface area contributed by atoms with Crippen LogP contribution in [0.2, 0.25) is 0 Å². The third-order valence-corrected chi connectivity index (χ3v) is 4.46. The molecule has 0 bridgehead atoms. The van der Waals surface area contributed by atoms with Crippen LogP contribution in [0.1, 0.15) is 82.6 Å². The maximum Gasteiger partial charge on any atom is -0.00979 e. The van der Waals surface area contributed by atoms with E-state index in [-0.39, 0.29) is 0 Å². The average Bonchev–Trinajstić information content (AvgIpc) is 2.56. The first-order valence-electron chi connectivity index (χ1n) is 9.26. The summed E-state index contributed by atoms with van der Waals surface area (Å²) < 4.78 is 0. The van der Waals surface area contributed by atoms with Crippen LogP contribution >= 0.6 is 12.6 Å². The van der Waals surface area contributed by atoms with Crippen molar-refractivity contribution in [3.8, 4) is 0 Å². The molecule has 0 aromatic heterocycles. The maximum atomic E-state index is 4.25. The molecule has 0 saturated heterocycles. The predicted octanol–water partition coefficient (Wildman–Crippen LogP) is 7.31. The molecule has 0 spiro atoms. The van der Waals surface area contributed by atoms with Gasteiger partial charge in [0.15, 0.2) is 0 Å². The molecule has 0 aliphatic rings. The second-order valence-corrected chi connectivity index (χ2v) is 6.66. The summed E-state index contributed by atoms with van der Waals surface area (Å²) in [5.41, 5.74) is 1.32. The number of unbranched alkanes of at least 4 members (excludes halogenated alkanes) is 11. The summed E-state index contributed by atoms with van der Waals surface area (Å²) in [6.07, 6.45) is 21.2. The van der Waals surface area contributed by atoms with Crippen LogP contribution < -0.4 is 0 Å². The fourth-order valence-electron chi connectivity index (χ4n) is 2.75. The van der Waals surface area contributed by atoms with Crippen LogP contribution in [0.15, 0.2) is 36.4 Å². The monoisotopic (exact) mass is 318 g/mol. The summed E-state index contributed by atoms with van der Waals surface area (Å²) in [7, 11) is 0. The Labute approximate surface area is 143 Å². The van der Waals surface area contributed by atoms with Gasteiger partial charge in [0.1, 0.15) is 0 Å². The highest BCUT2D eigenvalue weighted by atomic mass is 32.1. The molecule has 22 heavy (non-hydrogen) atoms. The van der Waals surface area contributed by atoms with Crippen molar-refractivity contribution >= 4 is 18.7 Å². The molecule has 0 atom stereocenters. The van der Waals surface area contributed by atoms with Crippen LogP contribution in [0.25, 0.3) is 6.08 Å². The van der Waals surface area contributed by atoms with Crippen LogP contribution in [0.3, 0.4) is 0 Å². The van der Waals surface area contributed by atoms with Gasteiger partial charge < -0.3 is 0 Å². The zero-order chi connectivity index (χ0) is 15.7. The van der Waals surface area contributed by atoms with Gasteiger partial charge in [-0.1, -0.05) is 100 Å². The van der Waals surface area contributed by atoms with Gasteiger partial charge in [-0.15, -0.1) is 0 Å². The lowest BCUT2D eigenvalue weighted by Gasteiger charge is -2.02. The molecule has 1 rings (SSSR count). The molecule has 0 N–H and O–H groups in total. The summed E-state index contributed by atoms with van der Waals surface area (Å²) >= 11 is 4.25. The lowest BCUT2D eigenvalue weighted by atomic mass is 10.1. The van der Waals surface area contributed by atoms with E-state index in [0.717, 1.165) is 5.75 Å². The lowest BCUT2D eigenvalue weighted by Crippen LogP contribution is -1.83. The first-order chi connectivity index (χ1) is 10.9. The largest absolute Gasteiger partial charge is 0.179 e. The van der Waals surface area contributed by atoms with Crippen molar-refractivity contribution in [2.75, 3.05) is 5.75 Å². The van der Waals surface area contributed by atoms with E-state index in [2.05, 4.69) is 55.1 Å². The second kappa shape index (κ2) is 15.2. The zero-order valence-electron chi connectivity index (χ0n) is 14.2. The fraction of sp³-hybridized carbons (Fsp3) is 0.619. The molecule has 1 aromatic rings. The van der Waals surface area contributed by atoms with Gasteiger partial charge in [-0.3, -0.25) is 0 Å². The van der Waals surface area contributed by atoms with Gasteiger partial charge in [-0.05, 0) is 30.6 Å². The average molecular weight is 319 g/mol. The molecule has 0 heterocycles. The lowest BCUT2D eigenvalue weighted by molar-refractivity contribution is 0.551. The minimum atomic E-state index is 1.06. The molecule has 0 radical (unpaired) electrons. The maximum absolute atomic E-state index is 4.25. The van der Waals surface area contributed by atoms with Crippen molar-refractivity contribution < 1.29 is 0 Å². The second-order valence-electron chi connectivity index (χ2n) is 6.21. The number of thiol groups is 1. The van der Waals surface area contributed by atoms with Gasteiger partial charge in [-0.2, -0.15) is 12.6 Å². The molecule has 0 saturated carbocycles. The van der Waals surface area contributed by atoms with Crippen molar-refractivity contribution in [1.82, 2.24) is 0 Å². The van der Waals surface area contributed by atoms with Gasteiger partial charge in [0, 0.05) is 0 Å². The number of hydrogen-bond acceptors (Lipinski definition) is 1. The summed E-state index contributed by atoms with van der Waals surface area (Å²) in [5.74, 6) is 1.06. The van der Waals surface area contributed by atoms with Crippen LogP contribution in [0.5, 0.6) is 0 Å². The smallest absolute Gasteiger partial charge is 0.00979 e. The number of hydrogen-bond donors (Lipinski definition) is 1. The Kier molecular flexibility index (Phi) is 13.4. The summed E-state index contributed by atoms with van der Waals surface area (Å²) in [6, 6.07) is 10.6. The summed E-state index contributed by atoms with van der Waals surface area (Å²) in [6.45, 7) is 0. The third-order valence-electron chi connectivity index (χ3n) is 4.14. The van der Waals surface area contributed by atoms with E-state index in [9.17, 15) is 0 Å². The van der Waals surface area contributed by atoms with Crippen molar-refractivity contribution in [1.29, 1.82) is 0 Å². The minimum Gasteiger partial charge on any atom is -0.179 e. The van der Waals surface area contributed by atoms with E-state index in [1.165, 1.54) is 82.6 Å². The molecule has 0 amide bonds. The number of allylic oxidation sites excluding steroid dienone is 1. The molecule has 0 aliphatic carbocycles. The molecule has 1 aromatic carbocycles. The summed E-state index contributed by atoms with van der Waals surface area (Å²) in [4.78, 5) is 0. The minimum absolute atomic E-state index is 1.06.